The van der Waals surface area contributed by atoms with Crippen LogP contribution in [0.5, 0.6) is 0 Å². The molecule has 0 radical (unpaired) electrons. The molecule has 0 amide bonds. The Balaban J connectivity index is 1.84. The zero-order valence-corrected chi connectivity index (χ0v) is 11.8. The maximum Gasteiger partial charge on any atom is 0.123 e. The monoisotopic (exact) mass is 269 g/mol. The molecule has 1 aliphatic rings. The Labute approximate surface area is 119 Å². The van der Waals surface area contributed by atoms with E-state index in [1.807, 2.05) is 0 Å². The fraction of sp³-hybridized carbons (Fsp3) is 0.333. The first-order valence-corrected chi connectivity index (χ1v) is 7.35. The average Bonchev–Trinajstić information content (AvgIpc) is 2.98. The lowest BCUT2D eigenvalue weighted by molar-refractivity contribution is 0.628. The van der Waals surface area contributed by atoms with Gasteiger partial charge in [0.1, 0.15) is 5.82 Å². The summed E-state index contributed by atoms with van der Waals surface area (Å²) in [5, 5.41) is 3.40. The Hall–Kier alpha value is -1.83. The van der Waals surface area contributed by atoms with E-state index in [1.165, 1.54) is 48.9 Å². The Kier molecular flexibility index (Phi) is 3.72. The van der Waals surface area contributed by atoms with Crippen molar-refractivity contribution < 1.29 is 4.39 Å². The molecule has 0 saturated heterocycles. The second-order valence-corrected chi connectivity index (χ2v) is 5.69. The Morgan fingerprint density at radius 1 is 1.00 bits per heavy atom. The van der Waals surface area contributed by atoms with Crippen LogP contribution in [-0.4, -0.2) is 0 Å². The number of hydrogen-bond acceptors (Lipinski definition) is 1. The average molecular weight is 269 g/mol. The number of aryl methyl sites for hydroxylation is 1. The molecule has 1 N–H and O–H groups in total. The normalized spacial score (nSPS) is 15.5. The van der Waals surface area contributed by atoms with Crippen molar-refractivity contribution in [2.75, 3.05) is 5.32 Å². The highest BCUT2D eigenvalue weighted by Crippen LogP contribution is 2.36. The van der Waals surface area contributed by atoms with Gasteiger partial charge < -0.3 is 5.32 Å². The lowest BCUT2D eigenvalue weighted by atomic mass is 9.96. The first kappa shape index (κ1) is 13.2. The van der Waals surface area contributed by atoms with E-state index in [2.05, 4.69) is 30.4 Å². The molecule has 1 nitrogen and oxygen atoms in total. The highest BCUT2D eigenvalue weighted by atomic mass is 19.1. The van der Waals surface area contributed by atoms with Gasteiger partial charge in [0, 0.05) is 11.4 Å². The van der Waals surface area contributed by atoms with E-state index in [9.17, 15) is 4.39 Å². The quantitative estimate of drug-likeness (QED) is 0.772. The number of benzene rings is 2. The summed E-state index contributed by atoms with van der Waals surface area (Å²) in [6.07, 6.45) is 5.30. The van der Waals surface area contributed by atoms with Crippen molar-refractivity contribution in [2.24, 2.45) is 0 Å². The van der Waals surface area contributed by atoms with Gasteiger partial charge >= 0.3 is 0 Å². The SMILES string of the molecule is Cc1ccc(C2CCCC2)cc1Nc1ccc(F)cc1. The fourth-order valence-corrected chi connectivity index (χ4v) is 2.98. The first-order chi connectivity index (χ1) is 9.72. The standard InChI is InChI=1S/C18H20FN/c1-13-6-7-15(14-4-2-3-5-14)12-18(13)20-17-10-8-16(19)9-11-17/h6-12,14,20H,2-5H2,1H3. The summed E-state index contributed by atoms with van der Waals surface area (Å²) in [6, 6.07) is 13.2. The lowest BCUT2D eigenvalue weighted by Gasteiger charge is -2.15. The van der Waals surface area contributed by atoms with Crippen LogP contribution in [0.25, 0.3) is 0 Å². The van der Waals surface area contributed by atoms with E-state index >= 15 is 0 Å². The third-order valence-electron chi connectivity index (χ3n) is 4.21. The second-order valence-electron chi connectivity index (χ2n) is 5.69. The predicted molar refractivity (Wildman–Crippen MR) is 82.1 cm³/mol. The van der Waals surface area contributed by atoms with Crippen LogP contribution in [0.15, 0.2) is 42.5 Å². The minimum Gasteiger partial charge on any atom is -0.355 e. The molecule has 0 aromatic heterocycles. The van der Waals surface area contributed by atoms with Crippen molar-refractivity contribution in [3.8, 4) is 0 Å². The van der Waals surface area contributed by atoms with Gasteiger partial charge in [-0.05, 0) is 67.1 Å². The Morgan fingerprint density at radius 2 is 1.70 bits per heavy atom. The highest BCUT2D eigenvalue weighted by Gasteiger charge is 2.17. The van der Waals surface area contributed by atoms with Gasteiger partial charge in [-0.15, -0.1) is 0 Å². The molecule has 0 bridgehead atoms. The van der Waals surface area contributed by atoms with Crippen molar-refractivity contribution >= 4 is 11.4 Å². The van der Waals surface area contributed by atoms with Crippen LogP contribution in [-0.2, 0) is 0 Å². The molecule has 104 valence electrons. The molecular weight excluding hydrogens is 249 g/mol. The summed E-state index contributed by atoms with van der Waals surface area (Å²) in [5.41, 5.74) is 4.70. The van der Waals surface area contributed by atoms with E-state index in [0.717, 1.165) is 11.4 Å². The number of nitrogens with one attached hydrogen (secondary N) is 1. The van der Waals surface area contributed by atoms with Crippen molar-refractivity contribution in [3.63, 3.8) is 0 Å². The summed E-state index contributed by atoms with van der Waals surface area (Å²) >= 11 is 0. The number of rotatable bonds is 3. The maximum atomic E-state index is 12.9. The summed E-state index contributed by atoms with van der Waals surface area (Å²) in [7, 11) is 0. The molecule has 3 rings (SSSR count). The van der Waals surface area contributed by atoms with Crippen molar-refractivity contribution in [1.82, 2.24) is 0 Å². The zero-order chi connectivity index (χ0) is 13.9. The maximum absolute atomic E-state index is 12.9. The number of anilines is 2. The van der Waals surface area contributed by atoms with Gasteiger partial charge in [-0.3, -0.25) is 0 Å². The highest BCUT2D eigenvalue weighted by molar-refractivity contribution is 5.64. The smallest absolute Gasteiger partial charge is 0.123 e. The van der Waals surface area contributed by atoms with Crippen LogP contribution < -0.4 is 5.32 Å². The third kappa shape index (κ3) is 2.84. The van der Waals surface area contributed by atoms with Gasteiger partial charge in [0.15, 0.2) is 0 Å². The number of hydrogen-bond donors (Lipinski definition) is 1. The van der Waals surface area contributed by atoms with Crippen LogP contribution >= 0.6 is 0 Å². The molecule has 0 atom stereocenters. The molecule has 1 aliphatic carbocycles. The van der Waals surface area contributed by atoms with E-state index in [1.54, 1.807) is 12.1 Å². The van der Waals surface area contributed by atoms with Gasteiger partial charge in [-0.1, -0.05) is 25.0 Å². The largest absolute Gasteiger partial charge is 0.355 e. The lowest BCUT2D eigenvalue weighted by Crippen LogP contribution is -1.98. The molecule has 0 unspecified atom stereocenters. The van der Waals surface area contributed by atoms with Crippen LogP contribution in [0, 0.1) is 12.7 Å². The molecule has 2 heteroatoms. The molecule has 1 saturated carbocycles. The van der Waals surface area contributed by atoms with Crippen LogP contribution in [0.2, 0.25) is 0 Å². The topological polar surface area (TPSA) is 12.0 Å². The van der Waals surface area contributed by atoms with E-state index in [4.69, 9.17) is 0 Å². The van der Waals surface area contributed by atoms with Crippen LogP contribution in [0.4, 0.5) is 15.8 Å². The number of halogens is 1. The minimum atomic E-state index is -0.202. The summed E-state index contributed by atoms with van der Waals surface area (Å²) in [4.78, 5) is 0. The molecule has 20 heavy (non-hydrogen) atoms. The summed E-state index contributed by atoms with van der Waals surface area (Å²) in [6.45, 7) is 2.10. The zero-order valence-electron chi connectivity index (χ0n) is 11.8. The van der Waals surface area contributed by atoms with Gasteiger partial charge in [0.25, 0.3) is 0 Å². The Bertz CT molecular complexity index is 583. The minimum absolute atomic E-state index is 0.202. The second kappa shape index (κ2) is 5.66. The molecule has 0 aliphatic heterocycles. The first-order valence-electron chi connectivity index (χ1n) is 7.35. The molecule has 2 aromatic rings. The molecule has 2 aromatic carbocycles. The fourth-order valence-electron chi connectivity index (χ4n) is 2.98. The van der Waals surface area contributed by atoms with Crippen molar-refractivity contribution in [1.29, 1.82) is 0 Å². The Morgan fingerprint density at radius 3 is 2.40 bits per heavy atom. The van der Waals surface area contributed by atoms with E-state index < -0.39 is 0 Å². The van der Waals surface area contributed by atoms with Crippen molar-refractivity contribution in [3.05, 3.63) is 59.4 Å². The summed E-state index contributed by atoms with van der Waals surface area (Å²) < 4.78 is 12.9. The van der Waals surface area contributed by atoms with Gasteiger partial charge in [0.2, 0.25) is 0 Å². The van der Waals surface area contributed by atoms with Gasteiger partial charge in [-0.25, -0.2) is 4.39 Å². The van der Waals surface area contributed by atoms with Crippen LogP contribution in [0.3, 0.4) is 0 Å². The molecular formula is C18H20FN. The molecule has 0 heterocycles. The van der Waals surface area contributed by atoms with Crippen molar-refractivity contribution in [2.45, 2.75) is 38.5 Å². The molecule has 1 fully saturated rings. The third-order valence-corrected chi connectivity index (χ3v) is 4.21. The van der Waals surface area contributed by atoms with Gasteiger partial charge in [-0.2, -0.15) is 0 Å². The van der Waals surface area contributed by atoms with Crippen LogP contribution in [0.1, 0.15) is 42.7 Å². The summed E-state index contributed by atoms with van der Waals surface area (Å²) in [5.74, 6) is 0.511. The van der Waals surface area contributed by atoms with E-state index in [-0.39, 0.29) is 5.82 Å². The molecule has 0 spiro atoms. The predicted octanol–water partition coefficient (Wildman–Crippen LogP) is 5.54. The van der Waals surface area contributed by atoms with Gasteiger partial charge in [0.05, 0.1) is 0 Å². The van der Waals surface area contributed by atoms with E-state index in [0.29, 0.717) is 5.92 Å².